The fourth-order valence-corrected chi connectivity index (χ4v) is 4.18. The van der Waals surface area contributed by atoms with Gasteiger partial charge in [0.15, 0.2) is 0 Å². The first-order valence-electron chi connectivity index (χ1n) is 10.7. The zero-order valence-corrected chi connectivity index (χ0v) is 18.4. The van der Waals surface area contributed by atoms with Crippen LogP contribution in [0.5, 0.6) is 5.75 Å². The highest BCUT2D eigenvalue weighted by atomic mass is 19.1. The lowest BCUT2D eigenvalue weighted by Crippen LogP contribution is -2.53. The summed E-state index contributed by atoms with van der Waals surface area (Å²) in [6.45, 7) is 0.217. The van der Waals surface area contributed by atoms with Crippen molar-refractivity contribution in [2.75, 3.05) is 26.1 Å². The van der Waals surface area contributed by atoms with Gasteiger partial charge in [0.05, 0.1) is 31.2 Å². The molecule has 174 valence electrons. The van der Waals surface area contributed by atoms with E-state index >= 15 is 0 Å². The molecule has 0 bridgehead atoms. The lowest BCUT2D eigenvalue weighted by atomic mass is 9.94. The Hall–Kier alpha value is -3.46. The van der Waals surface area contributed by atoms with Crippen LogP contribution in [0, 0.1) is 5.82 Å². The summed E-state index contributed by atoms with van der Waals surface area (Å²) in [7, 11) is 3.05. The number of nitrogens with one attached hydrogen (secondary N) is 1. The predicted octanol–water partition coefficient (Wildman–Crippen LogP) is 3.02. The van der Waals surface area contributed by atoms with Crippen molar-refractivity contribution in [2.45, 2.75) is 37.5 Å². The van der Waals surface area contributed by atoms with Gasteiger partial charge in [0, 0.05) is 18.3 Å². The molecule has 2 heterocycles. The molecule has 0 radical (unpaired) electrons. The van der Waals surface area contributed by atoms with Gasteiger partial charge in [0.25, 0.3) is 11.8 Å². The number of fused-ring (bicyclic) bond motifs is 2. The lowest BCUT2D eigenvalue weighted by Gasteiger charge is -2.42. The van der Waals surface area contributed by atoms with Crippen LogP contribution in [0.4, 0.5) is 10.1 Å². The van der Waals surface area contributed by atoms with E-state index in [1.165, 1.54) is 31.4 Å². The van der Waals surface area contributed by atoms with Gasteiger partial charge in [0.1, 0.15) is 24.3 Å². The Kier molecular flexibility index (Phi) is 6.60. The average Bonchev–Trinajstić information content (AvgIpc) is 2.82. The van der Waals surface area contributed by atoms with Crippen LogP contribution >= 0.6 is 0 Å². The highest BCUT2D eigenvalue weighted by Crippen LogP contribution is 2.32. The Morgan fingerprint density at radius 3 is 2.67 bits per heavy atom. The molecule has 3 atom stereocenters. The molecule has 0 aromatic heterocycles. The SMILES string of the molecule is COC(=O)C[C@@H]1CC[C@H]2[C@@H](COc3ccc(NC(=O)c4ccc(F)cc4)cc3C(=O)N2C)O1. The van der Waals surface area contributed by atoms with E-state index in [9.17, 15) is 18.8 Å². The molecular weight excluding hydrogens is 431 g/mol. The smallest absolute Gasteiger partial charge is 0.308 e. The van der Waals surface area contributed by atoms with Crippen LogP contribution in [-0.4, -0.2) is 61.7 Å². The molecule has 1 N–H and O–H groups in total. The topological polar surface area (TPSA) is 94.2 Å². The summed E-state index contributed by atoms with van der Waals surface area (Å²) < 4.78 is 29.8. The summed E-state index contributed by atoms with van der Waals surface area (Å²) in [5.74, 6) is -1.06. The van der Waals surface area contributed by atoms with Gasteiger partial charge in [-0.15, -0.1) is 0 Å². The maximum atomic E-state index is 13.3. The molecule has 2 aliphatic rings. The molecule has 0 saturated carbocycles. The Morgan fingerprint density at radius 1 is 1.18 bits per heavy atom. The van der Waals surface area contributed by atoms with Crippen LogP contribution in [0.25, 0.3) is 0 Å². The second-order valence-corrected chi connectivity index (χ2v) is 8.12. The van der Waals surface area contributed by atoms with Crippen molar-refractivity contribution in [1.29, 1.82) is 0 Å². The second kappa shape index (κ2) is 9.58. The maximum absolute atomic E-state index is 13.3. The summed E-state index contributed by atoms with van der Waals surface area (Å²) >= 11 is 0. The fourth-order valence-electron chi connectivity index (χ4n) is 4.18. The van der Waals surface area contributed by atoms with Crippen LogP contribution < -0.4 is 10.1 Å². The first-order valence-corrected chi connectivity index (χ1v) is 10.7. The predicted molar refractivity (Wildman–Crippen MR) is 117 cm³/mol. The molecule has 2 aromatic carbocycles. The number of carbonyl (C=O) groups is 3. The monoisotopic (exact) mass is 456 g/mol. The molecule has 9 heteroatoms. The number of methoxy groups -OCH3 is 1. The van der Waals surface area contributed by atoms with Crippen molar-refractivity contribution in [2.24, 2.45) is 0 Å². The standard InChI is InChI=1S/C24H25FN2O6/c1-27-19-9-8-17(12-22(28)31-2)33-21(19)13-32-20-10-7-16(11-18(20)24(27)30)26-23(29)14-3-5-15(25)6-4-14/h3-7,10-11,17,19,21H,8-9,12-13H2,1-2H3,(H,26,29)/t17-,19-,21+/m0/s1. The van der Waals surface area contributed by atoms with Crippen molar-refractivity contribution >= 4 is 23.5 Å². The molecule has 1 saturated heterocycles. The van der Waals surface area contributed by atoms with E-state index < -0.39 is 11.7 Å². The van der Waals surface area contributed by atoms with Crippen molar-refractivity contribution < 1.29 is 33.0 Å². The summed E-state index contributed by atoms with van der Waals surface area (Å²) in [4.78, 5) is 39.0. The van der Waals surface area contributed by atoms with Crippen molar-refractivity contribution in [3.63, 3.8) is 0 Å². The molecule has 1 fully saturated rings. The van der Waals surface area contributed by atoms with E-state index in [-0.39, 0.29) is 43.2 Å². The van der Waals surface area contributed by atoms with Crippen LogP contribution in [0.15, 0.2) is 42.5 Å². The first-order chi connectivity index (χ1) is 15.9. The molecule has 0 unspecified atom stereocenters. The zero-order valence-electron chi connectivity index (χ0n) is 18.4. The van der Waals surface area contributed by atoms with Gasteiger partial charge in [-0.25, -0.2) is 4.39 Å². The van der Waals surface area contributed by atoms with Crippen LogP contribution in [0.3, 0.4) is 0 Å². The van der Waals surface area contributed by atoms with Gasteiger partial charge in [-0.1, -0.05) is 0 Å². The van der Waals surface area contributed by atoms with E-state index in [0.29, 0.717) is 35.4 Å². The van der Waals surface area contributed by atoms with Gasteiger partial charge in [-0.2, -0.15) is 0 Å². The third-order valence-electron chi connectivity index (χ3n) is 6.00. The van der Waals surface area contributed by atoms with Crippen molar-refractivity contribution in [1.82, 2.24) is 4.90 Å². The third kappa shape index (κ3) is 4.98. The minimum Gasteiger partial charge on any atom is -0.490 e. The number of esters is 1. The van der Waals surface area contributed by atoms with Gasteiger partial charge >= 0.3 is 5.97 Å². The quantitative estimate of drug-likeness (QED) is 0.711. The minimum atomic E-state index is -0.431. The van der Waals surface area contributed by atoms with E-state index in [1.807, 2.05) is 0 Å². The Labute approximate surface area is 190 Å². The molecule has 0 aliphatic carbocycles. The molecule has 0 spiro atoms. The number of anilines is 1. The van der Waals surface area contributed by atoms with Gasteiger partial charge in [0.2, 0.25) is 0 Å². The van der Waals surface area contributed by atoms with E-state index in [4.69, 9.17) is 14.2 Å². The van der Waals surface area contributed by atoms with Crippen LogP contribution in [0.1, 0.15) is 40.0 Å². The van der Waals surface area contributed by atoms with E-state index in [0.717, 1.165) is 0 Å². The number of hydrogen-bond acceptors (Lipinski definition) is 6. The van der Waals surface area contributed by atoms with Gasteiger partial charge < -0.3 is 24.4 Å². The van der Waals surface area contributed by atoms with Crippen LogP contribution in [0.2, 0.25) is 0 Å². The average molecular weight is 456 g/mol. The number of ether oxygens (including phenoxy) is 3. The molecule has 8 nitrogen and oxygen atoms in total. The molecule has 33 heavy (non-hydrogen) atoms. The zero-order chi connectivity index (χ0) is 23.5. The summed E-state index contributed by atoms with van der Waals surface area (Å²) in [5.41, 5.74) is 1.04. The normalized spacial score (nSPS) is 22.2. The fraction of sp³-hybridized carbons (Fsp3) is 0.375. The van der Waals surface area contributed by atoms with E-state index in [1.54, 1.807) is 30.1 Å². The third-order valence-corrected chi connectivity index (χ3v) is 6.00. The molecule has 4 rings (SSSR count). The molecule has 2 aromatic rings. The lowest BCUT2D eigenvalue weighted by molar-refractivity contribution is -0.151. The minimum absolute atomic E-state index is 0.158. The number of benzene rings is 2. The van der Waals surface area contributed by atoms with Crippen molar-refractivity contribution in [3.05, 3.63) is 59.4 Å². The second-order valence-electron chi connectivity index (χ2n) is 8.12. The highest BCUT2D eigenvalue weighted by molar-refractivity contribution is 6.05. The summed E-state index contributed by atoms with van der Waals surface area (Å²) in [6, 6.07) is 9.80. The van der Waals surface area contributed by atoms with Crippen molar-refractivity contribution in [3.8, 4) is 5.75 Å². The first kappa shape index (κ1) is 22.7. The highest BCUT2D eigenvalue weighted by Gasteiger charge is 2.39. The maximum Gasteiger partial charge on any atom is 0.308 e. The number of carbonyl (C=O) groups excluding carboxylic acids is 3. The summed E-state index contributed by atoms with van der Waals surface area (Å²) in [5, 5.41) is 2.73. The Morgan fingerprint density at radius 2 is 1.94 bits per heavy atom. The number of nitrogens with zero attached hydrogens (tertiary/aromatic N) is 1. The van der Waals surface area contributed by atoms with E-state index in [2.05, 4.69) is 5.32 Å². The molecular formula is C24H25FN2O6. The summed E-state index contributed by atoms with van der Waals surface area (Å²) in [6.07, 6.45) is 0.774. The molecule has 2 amide bonds. The number of halogens is 1. The number of hydrogen-bond donors (Lipinski definition) is 1. The van der Waals surface area contributed by atoms with Crippen LogP contribution in [-0.2, 0) is 14.3 Å². The number of amides is 2. The Balaban J connectivity index is 1.51. The largest absolute Gasteiger partial charge is 0.490 e. The number of rotatable bonds is 4. The molecule has 2 aliphatic heterocycles. The number of likely N-dealkylation sites (N-methyl/N-ethyl adjacent to an activating group) is 1. The van der Waals surface area contributed by atoms with Gasteiger partial charge in [-0.3, -0.25) is 14.4 Å². The van der Waals surface area contributed by atoms with Gasteiger partial charge in [-0.05, 0) is 55.3 Å². The Bertz CT molecular complexity index is 1060.